The number of H-pyrrole nitrogens is 1. The van der Waals surface area contributed by atoms with E-state index in [1.165, 1.54) is 7.11 Å². The van der Waals surface area contributed by atoms with Crippen LogP contribution in [0.15, 0.2) is 47.3 Å². The van der Waals surface area contributed by atoms with Gasteiger partial charge in [0.2, 0.25) is 0 Å². The molecule has 0 saturated carbocycles. The van der Waals surface area contributed by atoms with Gasteiger partial charge in [0, 0.05) is 22.7 Å². The third-order valence-electron chi connectivity index (χ3n) is 5.14. The first kappa shape index (κ1) is 22.2. The van der Waals surface area contributed by atoms with Crippen molar-refractivity contribution in [3.05, 3.63) is 63.9 Å². The molecule has 0 spiro atoms. The number of hydrogen-bond acceptors (Lipinski definition) is 5. The van der Waals surface area contributed by atoms with Gasteiger partial charge in [0.15, 0.2) is 11.5 Å². The maximum Gasteiger partial charge on any atom is 0.254 e. The number of rotatable bonds is 6. The molecule has 1 amide bonds. The second-order valence-electron chi connectivity index (χ2n) is 8.21. The monoisotopic (exact) mass is 424 g/mol. The zero-order chi connectivity index (χ0) is 22.8. The van der Waals surface area contributed by atoms with Gasteiger partial charge in [-0.05, 0) is 62.6 Å². The molecule has 7 nitrogen and oxygen atoms in total. The molecule has 0 aliphatic carbocycles. The second-order valence-corrected chi connectivity index (χ2v) is 8.21. The van der Waals surface area contributed by atoms with Crippen molar-refractivity contribution in [3.63, 3.8) is 0 Å². The average molecular weight is 424 g/mol. The highest BCUT2D eigenvalue weighted by Gasteiger charge is 2.29. The summed E-state index contributed by atoms with van der Waals surface area (Å²) in [6, 6.07) is 12.3. The number of nitrogens with zero attached hydrogens (tertiary/aromatic N) is 1. The number of ether oxygens (including phenoxy) is 3. The molecule has 3 rings (SSSR count). The van der Waals surface area contributed by atoms with Gasteiger partial charge in [0.1, 0.15) is 5.75 Å². The number of nitrogens with one attached hydrogen (secondary N) is 1. The Bertz CT molecular complexity index is 1160. The predicted octanol–water partition coefficient (Wildman–Crippen LogP) is 3.99. The topological polar surface area (TPSA) is 80.9 Å². The first-order valence-corrected chi connectivity index (χ1v) is 9.92. The highest BCUT2D eigenvalue weighted by Crippen LogP contribution is 2.29. The van der Waals surface area contributed by atoms with E-state index >= 15 is 0 Å². The maximum absolute atomic E-state index is 13.4. The van der Waals surface area contributed by atoms with Gasteiger partial charge in [-0.2, -0.15) is 0 Å². The molecule has 0 unspecified atom stereocenters. The number of carbonyl (C=O) groups is 1. The minimum absolute atomic E-state index is 0.161. The predicted molar refractivity (Wildman–Crippen MR) is 120 cm³/mol. The van der Waals surface area contributed by atoms with Gasteiger partial charge in [-0.25, -0.2) is 0 Å². The maximum atomic E-state index is 13.4. The van der Waals surface area contributed by atoms with Gasteiger partial charge in [-0.1, -0.05) is 0 Å². The lowest BCUT2D eigenvalue weighted by molar-refractivity contribution is 0.0557. The largest absolute Gasteiger partial charge is 0.497 e. The normalized spacial score (nSPS) is 11.3. The molecule has 2 aromatic carbocycles. The lowest BCUT2D eigenvalue weighted by atomic mass is 10.0. The quantitative estimate of drug-likeness (QED) is 0.647. The van der Waals surface area contributed by atoms with Gasteiger partial charge in [0.05, 0.1) is 33.4 Å². The van der Waals surface area contributed by atoms with E-state index in [2.05, 4.69) is 4.98 Å². The Labute approximate surface area is 181 Å². The average Bonchev–Trinajstić information content (AvgIpc) is 2.75. The smallest absolute Gasteiger partial charge is 0.254 e. The summed E-state index contributed by atoms with van der Waals surface area (Å²) in [7, 11) is 4.65. The van der Waals surface area contributed by atoms with Crippen LogP contribution < -0.4 is 19.8 Å². The number of benzene rings is 2. The van der Waals surface area contributed by atoms with Crippen LogP contribution >= 0.6 is 0 Å². The number of hydrogen-bond donors (Lipinski definition) is 1. The van der Waals surface area contributed by atoms with Crippen molar-refractivity contribution in [2.24, 2.45) is 0 Å². The third-order valence-corrected chi connectivity index (χ3v) is 5.14. The number of amides is 1. The number of fused-ring (bicyclic) bond motifs is 1. The van der Waals surface area contributed by atoms with Gasteiger partial charge in [-0.15, -0.1) is 0 Å². The number of aromatic amines is 1. The number of aromatic nitrogens is 1. The molecule has 0 fully saturated rings. The molecule has 164 valence electrons. The number of methoxy groups -OCH3 is 3. The van der Waals surface area contributed by atoms with Crippen molar-refractivity contribution >= 4 is 16.8 Å². The van der Waals surface area contributed by atoms with Crippen LogP contribution in [0.3, 0.4) is 0 Å². The molecule has 0 atom stereocenters. The fourth-order valence-corrected chi connectivity index (χ4v) is 3.38. The summed E-state index contributed by atoms with van der Waals surface area (Å²) in [5, 5.41) is 0.864. The molecule has 0 radical (unpaired) electrons. The molecular formula is C24H28N2O5. The molecule has 31 heavy (non-hydrogen) atoms. The Morgan fingerprint density at radius 3 is 2.26 bits per heavy atom. The van der Waals surface area contributed by atoms with Crippen LogP contribution in [0, 0.1) is 0 Å². The Morgan fingerprint density at radius 1 is 0.935 bits per heavy atom. The van der Waals surface area contributed by atoms with Crippen LogP contribution in [0.25, 0.3) is 10.9 Å². The molecule has 3 aromatic rings. The van der Waals surface area contributed by atoms with E-state index in [9.17, 15) is 9.59 Å². The summed E-state index contributed by atoms with van der Waals surface area (Å²) in [5.41, 5.74) is 0.874. The van der Waals surface area contributed by atoms with E-state index in [1.807, 2.05) is 39.0 Å². The van der Waals surface area contributed by atoms with Crippen molar-refractivity contribution in [2.75, 3.05) is 21.3 Å². The fourth-order valence-electron chi connectivity index (χ4n) is 3.38. The highest BCUT2D eigenvalue weighted by molar-refractivity contribution is 5.95. The number of carbonyl (C=O) groups excluding carboxylic acids is 1. The highest BCUT2D eigenvalue weighted by atomic mass is 16.5. The molecule has 0 aliphatic rings. The number of pyridine rings is 1. The van der Waals surface area contributed by atoms with Crippen molar-refractivity contribution in [3.8, 4) is 17.2 Å². The molecule has 0 saturated heterocycles. The molecule has 7 heteroatoms. The summed E-state index contributed by atoms with van der Waals surface area (Å²) < 4.78 is 15.8. The SMILES string of the molecule is COc1ccc2cc(CN(C(=O)c3ccc(OC)c(OC)c3)C(C)(C)C)c(=O)[nH]c2c1. The zero-order valence-corrected chi connectivity index (χ0v) is 18.7. The van der Waals surface area contributed by atoms with Crippen molar-refractivity contribution < 1.29 is 19.0 Å². The summed E-state index contributed by atoms with van der Waals surface area (Å²) in [5.74, 6) is 1.47. The standard InChI is InChI=1S/C24H28N2O5/c1-24(2,3)26(23(28)16-8-10-20(30-5)21(12-16)31-6)14-17-11-15-7-9-18(29-4)13-19(15)25-22(17)27/h7-13H,14H2,1-6H3,(H,25,27). The molecule has 1 N–H and O–H groups in total. The minimum Gasteiger partial charge on any atom is -0.497 e. The second kappa shape index (κ2) is 8.71. The van der Waals surface area contributed by atoms with E-state index in [1.54, 1.807) is 43.4 Å². The molecule has 0 aliphatic heterocycles. The summed E-state index contributed by atoms with van der Waals surface area (Å²) in [6.45, 7) is 5.97. The van der Waals surface area contributed by atoms with Crippen LogP contribution in [0.5, 0.6) is 17.2 Å². The molecule has 1 aromatic heterocycles. The van der Waals surface area contributed by atoms with Crippen molar-refractivity contribution in [1.29, 1.82) is 0 Å². The molecule has 0 bridgehead atoms. The first-order chi connectivity index (χ1) is 14.7. The minimum atomic E-state index is -0.522. The molecular weight excluding hydrogens is 396 g/mol. The van der Waals surface area contributed by atoms with Crippen LogP contribution in [-0.4, -0.2) is 42.7 Å². The van der Waals surface area contributed by atoms with Crippen molar-refractivity contribution in [2.45, 2.75) is 32.9 Å². The molecule has 1 heterocycles. The van der Waals surface area contributed by atoms with Gasteiger partial charge >= 0.3 is 0 Å². The Kier molecular flexibility index (Phi) is 6.24. The third kappa shape index (κ3) is 4.66. The summed E-state index contributed by atoms with van der Waals surface area (Å²) in [4.78, 5) is 30.8. The van der Waals surface area contributed by atoms with Crippen LogP contribution in [0.4, 0.5) is 0 Å². The lowest BCUT2D eigenvalue weighted by Crippen LogP contribution is -2.46. The van der Waals surface area contributed by atoms with Crippen LogP contribution in [-0.2, 0) is 6.54 Å². The van der Waals surface area contributed by atoms with E-state index in [-0.39, 0.29) is 18.0 Å². The summed E-state index contributed by atoms with van der Waals surface area (Å²) in [6.07, 6.45) is 0. The zero-order valence-electron chi connectivity index (χ0n) is 18.7. The van der Waals surface area contributed by atoms with Gasteiger partial charge in [0.25, 0.3) is 11.5 Å². The lowest BCUT2D eigenvalue weighted by Gasteiger charge is -2.36. The first-order valence-electron chi connectivity index (χ1n) is 9.92. The van der Waals surface area contributed by atoms with Crippen molar-refractivity contribution in [1.82, 2.24) is 9.88 Å². The fraction of sp³-hybridized carbons (Fsp3) is 0.333. The summed E-state index contributed by atoms with van der Waals surface area (Å²) >= 11 is 0. The van der Waals surface area contributed by atoms with E-state index in [0.717, 1.165) is 5.39 Å². The Balaban J connectivity index is 2.00. The van der Waals surface area contributed by atoms with Gasteiger partial charge < -0.3 is 24.1 Å². The van der Waals surface area contributed by atoms with Gasteiger partial charge in [-0.3, -0.25) is 9.59 Å². The Hall–Kier alpha value is -3.48. The van der Waals surface area contributed by atoms with E-state index in [0.29, 0.717) is 33.9 Å². The Morgan fingerprint density at radius 2 is 1.65 bits per heavy atom. The van der Waals surface area contributed by atoms with Crippen LogP contribution in [0.1, 0.15) is 36.7 Å². The van der Waals surface area contributed by atoms with Crippen LogP contribution in [0.2, 0.25) is 0 Å². The van der Waals surface area contributed by atoms with E-state index < -0.39 is 5.54 Å². The van der Waals surface area contributed by atoms with E-state index in [4.69, 9.17) is 14.2 Å².